The normalized spacial score (nSPS) is 20.6. The van der Waals surface area contributed by atoms with Gasteiger partial charge in [-0.3, -0.25) is 14.4 Å². The molecule has 1 aromatic heterocycles. The van der Waals surface area contributed by atoms with E-state index in [-0.39, 0.29) is 23.6 Å². The Bertz CT molecular complexity index is 988. The summed E-state index contributed by atoms with van der Waals surface area (Å²) in [6, 6.07) is 10.3. The van der Waals surface area contributed by atoms with Gasteiger partial charge >= 0.3 is 0 Å². The Morgan fingerprint density at radius 2 is 1.94 bits per heavy atom. The van der Waals surface area contributed by atoms with Crippen LogP contribution in [0.1, 0.15) is 36.0 Å². The minimum Gasteiger partial charge on any atom is -0.369 e. The van der Waals surface area contributed by atoms with Gasteiger partial charge in [-0.1, -0.05) is 6.07 Å². The summed E-state index contributed by atoms with van der Waals surface area (Å²) in [7, 11) is 0. The molecular formula is C23H27N5O4. The number of ether oxygens (including phenoxy) is 1. The number of benzene rings is 1. The van der Waals surface area contributed by atoms with E-state index in [4.69, 9.17) is 10.5 Å². The topological polar surface area (TPSA) is 127 Å². The molecule has 0 radical (unpaired) electrons. The third kappa shape index (κ3) is 5.23. The van der Waals surface area contributed by atoms with Crippen LogP contribution >= 0.6 is 0 Å². The molecule has 4 N–H and O–H groups in total. The Morgan fingerprint density at radius 1 is 1.06 bits per heavy atom. The first-order valence-electron chi connectivity index (χ1n) is 10.8. The third-order valence-electron chi connectivity index (χ3n) is 5.77. The molecule has 0 bridgehead atoms. The fourth-order valence-corrected chi connectivity index (χ4v) is 4.01. The second-order valence-corrected chi connectivity index (χ2v) is 8.12. The molecule has 2 saturated heterocycles. The molecule has 2 atom stereocenters. The van der Waals surface area contributed by atoms with Crippen molar-refractivity contribution in [2.45, 2.75) is 31.8 Å². The zero-order chi connectivity index (χ0) is 22.5. The van der Waals surface area contributed by atoms with Gasteiger partial charge in [-0.25, -0.2) is 4.98 Å². The standard InChI is InChI=1S/C23H27N5O4/c24-21(29)16-5-2-10-28(14-16)20-9-8-18(13-25-20)27-22(30)15-4-1-6-17(12-15)26-23(31)19-7-3-11-32-19/h1,4,6,8-9,12-13,16,19H,2-3,5,7,10-11,14H2,(H2,24,29)(H,26,31)(H,27,30). The molecule has 2 aliphatic rings. The lowest BCUT2D eigenvalue weighted by Crippen LogP contribution is -2.41. The number of pyridine rings is 1. The van der Waals surface area contributed by atoms with Gasteiger partial charge in [0.1, 0.15) is 11.9 Å². The van der Waals surface area contributed by atoms with E-state index in [1.165, 1.54) is 0 Å². The summed E-state index contributed by atoms with van der Waals surface area (Å²) in [4.78, 5) is 42.9. The molecule has 0 aliphatic carbocycles. The number of nitrogens with one attached hydrogen (secondary N) is 2. The molecule has 2 aliphatic heterocycles. The molecule has 0 spiro atoms. The predicted molar refractivity (Wildman–Crippen MR) is 120 cm³/mol. The van der Waals surface area contributed by atoms with Crippen molar-refractivity contribution in [2.75, 3.05) is 35.2 Å². The van der Waals surface area contributed by atoms with Crippen LogP contribution in [0, 0.1) is 5.92 Å². The number of hydrogen-bond acceptors (Lipinski definition) is 6. The Balaban J connectivity index is 1.36. The van der Waals surface area contributed by atoms with Crippen molar-refractivity contribution < 1.29 is 19.1 Å². The third-order valence-corrected chi connectivity index (χ3v) is 5.77. The molecule has 1 aromatic carbocycles. The second-order valence-electron chi connectivity index (χ2n) is 8.12. The molecular weight excluding hydrogens is 410 g/mol. The lowest BCUT2D eigenvalue weighted by Gasteiger charge is -2.32. The minimum atomic E-state index is -0.435. The number of aromatic nitrogens is 1. The van der Waals surface area contributed by atoms with Gasteiger partial charge in [-0.2, -0.15) is 0 Å². The van der Waals surface area contributed by atoms with Crippen LogP contribution in [0.5, 0.6) is 0 Å². The molecule has 3 amide bonds. The minimum absolute atomic E-state index is 0.169. The highest BCUT2D eigenvalue weighted by molar-refractivity contribution is 6.05. The first-order chi connectivity index (χ1) is 15.5. The Labute approximate surface area is 186 Å². The Morgan fingerprint density at radius 3 is 2.66 bits per heavy atom. The molecule has 2 fully saturated rings. The van der Waals surface area contributed by atoms with Crippen molar-refractivity contribution in [3.63, 3.8) is 0 Å². The number of piperidine rings is 1. The van der Waals surface area contributed by atoms with Crippen LogP contribution in [0.25, 0.3) is 0 Å². The van der Waals surface area contributed by atoms with Crippen LogP contribution in [-0.4, -0.2) is 48.5 Å². The molecule has 168 valence electrons. The summed E-state index contributed by atoms with van der Waals surface area (Å²) in [5.74, 6) is -0.214. The summed E-state index contributed by atoms with van der Waals surface area (Å²) >= 11 is 0. The highest BCUT2D eigenvalue weighted by Crippen LogP contribution is 2.23. The summed E-state index contributed by atoms with van der Waals surface area (Å²) in [5, 5.41) is 5.62. The average molecular weight is 438 g/mol. The number of anilines is 3. The van der Waals surface area contributed by atoms with Crippen molar-refractivity contribution in [3.8, 4) is 0 Å². The number of nitrogens with two attached hydrogens (primary N) is 1. The first-order valence-corrected chi connectivity index (χ1v) is 10.8. The van der Waals surface area contributed by atoms with E-state index in [2.05, 4.69) is 15.6 Å². The van der Waals surface area contributed by atoms with Crippen LogP contribution < -0.4 is 21.3 Å². The van der Waals surface area contributed by atoms with Gasteiger partial charge in [0.25, 0.3) is 11.8 Å². The maximum absolute atomic E-state index is 12.7. The van der Waals surface area contributed by atoms with E-state index in [1.54, 1.807) is 36.5 Å². The number of nitrogens with zero attached hydrogens (tertiary/aromatic N) is 2. The van der Waals surface area contributed by atoms with Crippen molar-refractivity contribution in [1.29, 1.82) is 0 Å². The second kappa shape index (κ2) is 9.78. The van der Waals surface area contributed by atoms with Crippen LogP contribution in [0.3, 0.4) is 0 Å². The van der Waals surface area contributed by atoms with Gasteiger partial charge in [0.15, 0.2) is 0 Å². The smallest absolute Gasteiger partial charge is 0.255 e. The zero-order valence-corrected chi connectivity index (χ0v) is 17.8. The molecule has 4 rings (SSSR count). The molecule has 0 saturated carbocycles. The number of hydrogen-bond donors (Lipinski definition) is 3. The number of primary amides is 1. The molecule has 32 heavy (non-hydrogen) atoms. The SMILES string of the molecule is NC(=O)C1CCCN(c2ccc(NC(=O)c3cccc(NC(=O)C4CCCO4)c3)cn2)C1. The maximum Gasteiger partial charge on any atom is 0.255 e. The van der Waals surface area contributed by atoms with Gasteiger partial charge in [-0.05, 0) is 56.0 Å². The highest BCUT2D eigenvalue weighted by atomic mass is 16.5. The van der Waals surface area contributed by atoms with E-state index >= 15 is 0 Å². The van der Waals surface area contributed by atoms with Gasteiger partial charge in [0.05, 0.1) is 17.8 Å². The summed E-state index contributed by atoms with van der Waals surface area (Å²) in [6.45, 7) is 1.96. The number of carbonyl (C=O) groups is 3. The predicted octanol–water partition coefficient (Wildman–Crippen LogP) is 2.15. The molecule has 9 heteroatoms. The molecule has 9 nitrogen and oxygen atoms in total. The lowest BCUT2D eigenvalue weighted by atomic mass is 9.97. The molecule has 3 heterocycles. The summed E-state index contributed by atoms with van der Waals surface area (Å²) in [6.07, 6.45) is 4.41. The van der Waals surface area contributed by atoms with Gasteiger partial charge in [-0.15, -0.1) is 0 Å². The van der Waals surface area contributed by atoms with Crippen LogP contribution in [0.2, 0.25) is 0 Å². The largest absolute Gasteiger partial charge is 0.369 e. The quantitative estimate of drug-likeness (QED) is 0.636. The molecule has 2 aromatic rings. The van der Waals surface area contributed by atoms with Crippen LogP contribution in [0.15, 0.2) is 42.6 Å². The van der Waals surface area contributed by atoms with Gasteiger partial charge in [0.2, 0.25) is 5.91 Å². The van der Waals surface area contributed by atoms with Crippen molar-refractivity contribution in [1.82, 2.24) is 4.98 Å². The molecule has 2 unspecified atom stereocenters. The van der Waals surface area contributed by atoms with Crippen LogP contribution in [0.4, 0.5) is 17.2 Å². The van der Waals surface area contributed by atoms with E-state index in [1.807, 2.05) is 11.0 Å². The fourth-order valence-electron chi connectivity index (χ4n) is 4.01. The summed E-state index contributed by atoms with van der Waals surface area (Å²) in [5.41, 5.74) is 6.96. The average Bonchev–Trinajstić information content (AvgIpc) is 3.35. The van der Waals surface area contributed by atoms with Gasteiger partial charge in [0, 0.05) is 30.9 Å². The number of amides is 3. The van der Waals surface area contributed by atoms with Crippen molar-refractivity contribution in [2.24, 2.45) is 11.7 Å². The zero-order valence-electron chi connectivity index (χ0n) is 17.8. The monoisotopic (exact) mass is 437 g/mol. The first kappa shape index (κ1) is 21.8. The van der Waals surface area contributed by atoms with E-state index in [9.17, 15) is 14.4 Å². The Kier molecular flexibility index (Phi) is 6.65. The maximum atomic E-state index is 12.7. The lowest BCUT2D eigenvalue weighted by molar-refractivity contribution is -0.124. The number of rotatable bonds is 6. The highest BCUT2D eigenvalue weighted by Gasteiger charge is 2.25. The van der Waals surface area contributed by atoms with Crippen molar-refractivity contribution >= 4 is 34.9 Å². The van der Waals surface area contributed by atoms with Gasteiger partial charge < -0.3 is 26.0 Å². The fraction of sp³-hybridized carbons (Fsp3) is 0.391. The number of carbonyl (C=O) groups excluding carboxylic acids is 3. The van der Waals surface area contributed by atoms with E-state index < -0.39 is 6.10 Å². The van der Waals surface area contributed by atoms with E-state index in [0.29, 0.717) is 36.5 Å². The van der Waals surface area contributed by atoms with E-state index in [0.717, 1.165) is 31.6 Å². The van der Waals surface area contributed by atoms with Crippen molar-refractivity contribution in [3.05, 3.63) is 48.2 Å². The Hall–Kier alpha value is -3.46. The summed E-state index contributed by atoms with van der Waals surface area (Å²) < 4.78 is 5.39. The van der Waals surface area contributed by atoms with Crippen LogP contribution in [-0.2, 0) is 14.3 Å².